The van der Waals surface area contributed by atoms with Crippen LogP contribution in [0, 0.1) is 6.92 Å². The summed E-state index contributed by atoms with van der Waals surface area (Å²) in [4.78, 5) is 9.03. The van der Waals surface area contributed by atoms with Gasteiger partial charge in [-0.2, -0.15) is 0 Å². The van der Waals surface area contributed by atoms with Gasteiger partial charge in [0.05, 0.1) is 7.11 Å². The van der Waals surface area contributed by atoms with Crippen molar-refractivity contribution < 1.29 is 4.74 Å². The highest BCUT2D eigenvalue weighted by Crippen LogP contribution is 2.31. The van der Waals surface area contributed by atoms with Gasteiger partial charge < -0.3 is 15.4 Å². The average molecular weight is 362 g/mol. The first-order valence-electron chi connectivity index (χ1n) is 8.98. The first-order valence-corrected chi connectivity index (χ1v) is 8.98. The number of rotatable bonds is 5. The fourth-order valence-electron chi connectivity index (χ4n) is 2.90. The van der Waals surface area contributed by atoms with Crippen molar-refractivity contribution in [1.82, 2.24) is 9.97 Å². The van der Waals surface area contributed by atoms with Crippen LogP contribution in [0.25, 0.3) is 0 Å². The van der Waals surface area contributed by atoms with Gasteiger partial charge in [-0.05, 0) is 48.2 Å². The lowest BCUT2D eigenvalue weighted by Crippen LogP contribution is -2.14. The molecule has 0 unspecified atom stereocenters. The molecule has 0 aliphatic heterocycles. The van der Waals surface area contributed by atoms with E-state index in [0.29, 0.717) is 5.82 Å². The first kappa shape index (κ1) is 18.7. The molecular formula is C22H26N4O. The Kier molecular flexibility index (Phi) is 5.31. The van der Waals surface area contributed by atoms with Gasteiger partial charge in [0.2, 0.25) is 0 Å². The summed E-state index contributed by atoms with van der Waals surface area (Å²) in [6.07, 6.45) is 0. The summed E-state index contributed by atoms with van der Waals surface area (Å²) in [5, 5.41) is 6.77. The molecule has 0 aliphatic carbocycles. The highest BCUT2D eigenvalue weighted by molar-refractivity contribution is 5.66. The van der Waals surface area contributed by atoms with E-state index in [1.807, 2.05) is 43.3 Å². The Morgan fingerprint density at radius 3 is 2.11 bits per heavy atom. The molecule has 3 rings (SSSR count). The van der Waals surface area contributed by atoms with E-state index < -0.39 is 0 Å². The van der Waals surface area contributed by atoms with E-state index in [1.165, 1.54) is 5.56 Å². The second-order valence-electron chi connectivity index (χ2n) is 7.46. The maximum absolute atomic E-state index is 5.20. The Labute approximate surface area is 160 Å². The number of aryl methyl sites for hydroxylation is 1. The minimum Gasteiger partial charge on any atom is -0.497 e. The molecule has 0 aliphatic rings. The third-order valence-electron chi connectivity index (χ3n) is 4.20. The van der Waals surface area contributed by atoms with Crippen molar-refractivity contribution in [2.24, 2.45) is 0 Å². The van der Waals surface area contributed by atoms with Gasteiger partial charge >= 0.3 is 0 Å². The number of hydrogen-bond donors (Lipinski definition) is 2. The zero-order chi connectivity index (χ0) is 19.4. The van der Waals surface area contributed by atoms with E-state index in [0.717, 1.165) is 28.8 Å². The number of anilines is 4. The van der Waals surface area contributed by atoms with Gasteiger partial charge in [0.15, 0.2) is 0 Å². The third kappa shape index (κ3) is 4.76. The molecule has 0 spiro atoms. The predicted molar refractivity (Wildman–Crippen MR) is 111 cm³/mol. The standard InChI is InChI=1S/C22H26N4O/c1-15-23-20(25-16-10-12-17(27-5)13-11-16)14-21(24-15)26-19-9-7-6-8-18(19)22(2,3)4/h6-14H,1-5H3,(H2,23,24,25,26). The average Bonchev–Trinajstić information content (AvgIpc) is 2.61. The van der Waals surface area contributed by atoms with Crippen LogP contribution >= 0.6 is 0 Å². The van der Waals surface area contributed by atoms with E-state index >= 15 is 0 Å². The molecule has 0 fully saturated rings. The lowest BCUT2D eigenvalue weighted by molar-refractivity contribution is 0.415. The van der Waals surface area contributed by atoms with Crippen LogP contribution in [0.5, 0.6) is 5.75 Å². The molecular weight excluding hydrogens is 336 g/mol. The molecule has 5 nitrogen and oxygen atoms in total. The summed E-state index contributed by atoms with van der Waals surface area (Å²) in [7, 11) is 1.66. The SMILES string of the molecule is COc1ccc(Nc2cc(Nc3ccccc3C(C)(C)C)nc(C)n2)cc1. The van der Waals surface area contributed by atoms with Crippen LogP contribution in [0.2, 0.25) is 0 Å². The molecule has 2 N–H and O–H groups in total. The highest BCUT2D eigenvalue weighted by atomic mass is 16.5. The van der Waals surface area contributed by atoms with Gasteiger partial charge in [-0.15, -0.1) is 0 Å². The Balaban J connectivity index is 1.86. The van der Waals surface area contributed by atoms with Gasteiger partial charge in [0.1, 0.15) is 23.2 Å². The summed E-state index contributed by atoms with van der Waals surface area (Å²) in [6, 6.07) is 18.0. The largest absolute Gasteiger partial charge is 0.497 e. The van der Waals surface area contributed by atoms with Crippen LogP contribution in [0.1, 0.15) is 32.2 Å². The zero-order valence-corrected chi connectivity index (χ0v) is 16.5. The molecule has 140 valence electrons. The Morgan fingerprint density at radius 1 is 0.852 bits per heavy atom. The summed E-state index contributed by atoms with van der Waals surface area (Å²) in [5.74, 6) is 3.02. The monoisotopic (exact) mass is 362 g/mol. The predicted octanol–water partition coefficient (Wildman–Crippen LogP) is 5.58. The van der Waals surface area contributed by atoms with Gasteiger partial charge in [-0.25, -0.2) is 9.97 Å². The molecule has 0 saturated heterocycles. The van der Waals surface area contributed by atoms with Crippen molar-refractivity contribution in [3.8, 4) is 5.75 Å². The van der Waals surface area contributed by atoms with Gasteiger partial charge in [-0.1, -0.05) is 39.0 Å². The maximum atomic E-state index is 5.20. The molecule has 0 radical (unpaired) electrons. The molecule has 0 saturated carbocycles. The molecule has 2 aromatic carbocycles. The second-order valence-corrected chi connectivity index (χ2v) is 7.46. The van der Waals surface area contributed by atoms with Crippen molar-refractivity contribution in [2.45, 2.75) is 33.1 Å². The Hall–Kier alpha value is -3.08. The number of ether oxygens (including phenoxy) is 1. The van der Waals surface area contributed by atoms with Gasteiger partial charge in [-0.3, -0.25) is 0 Å². The zero-order valence-electron chi connectivity index (χ0n) is 16.5. The highest BCUT2D eigenvalue weighted by Gasteiger charge is 2.17. The number of para-hydroxylation sites is 1. The van der Waals surface area contributed by atoms with Crippen LogP contribution in [-0.4, -0.2) is 17.1 Å². The topological polar surface area (TPSA) is 59.1 Å². The lowest BCUT2D eigenvalue weighted by atomic mass is 9.86. The van der Waals surface area contributed by atoms with Crippen LogP contribution in [-0.2, 0) is 5.41 Å². The minimum atomic E-state index is 0.0375. The number of nitrogens with one attached hydrogen (secondary N) is 2. The van der Waals surface area contributed by atoms with Crippen molar-refractivity contribution in [1.29, 1.82) is 0 Å². The number of nitrogens with zero attached hydrogens (tertiary/aromatic N) is 2. The van der Waals surface area contributed by atoms with Crippen LogP contribution in [0.4, 0.5) is 23.0 Å². The fraction of sp³-hybridized carbons (Fsp3) is 0.273. The summed E-state index contributed by atoms with van der Waals surface area (Å²) in [5.41, 5.74) is 3.27. The second kappa shape index (κ2) is 7.66. The van der Waals surface area contributed by atoms with Crippen LogP contribution < -0.4 is 15.4 Å². The summed E-state index contributed by atoms with van der Waals surface area (Å²) >= 11 is 0. The smallest absolute Gasteiger partial charge is 0.136 e. The number of hydrogen-bond acceptors (Lipinski definition) is 5. The van der Waals surface area contributed by atoms with Crippen molar-refractivity contribution in [2.75, 3.05) is 17.7 Å². The Bertz CT molecular complexity index is 914. The molecule has 1 heterocycles. The third-order valence-corrected chi connectivity index (χ3v) is 4.20. The molecule has 0 atom stereocenters. The molecule has 0 amide bonds. The molecule has 5 heteroatoms. The van der Waals surface area contributed by atoms with E-state index in [-0.39, 0.29) is 5.41 Å². The molecule has 0 bridgehead atoms. The van der Waals surface area contributed by atoms with Crippen molar-refractivity contribution in [3.05, 3.63) is 66.0 Å². The normalized spacial score (nSPS) is 11.1. The number of aromatic nitrogens is 2. The van der Waals surface area contributed by atoms with Crippen molar-refractivity contribution in [3.63, 3.8) is 0 Å². The summed E-state index contributed by atoms with van der Waals surface area (Å²) < 4.78 is 5.20. The first-order chi connectivity index (χ1) is 12.8. The number of methoxy groups -OCH3 is 1. The van der Waals surface area contributed by atoms with Gasteiger partial charge in [0, 0.05) is 17.4 Å². The van der Waals surface area contributed by atoms with Crippen LogP contribution in [0.15, 0.2) is 54.6 Å². The molecule has 3 aromatic rings. The van der Waals surface area contributed by atoms with E-state index in [1.54, 1.807) is 7.11 Å². The van der Waals surface area contributed by atoms with Crippen molar-refractivity contribution >= 4 is 23.0 Å². The number of benzene rings is 2. The van der Waals surface area contributed by atoms with Crippen LogP contribution in [0.3, 0.4) is 0 Å². The maximum Gasteiger partial charge on any atom is 0.136 e. The van der Waals surface area contributed by atoms with Gasteiger partial charge in [0.25, 0.3) is 0 Å². The van der Waals surface area contributed by atoms with E-state index in [4.69, 9.17) is 4.74 Å². The lowest BCUT2D eigenvalue weighted by Gasteiger charge is -2.23. The Morgan fingerprint density at radius 2 is 1.48 bits per heavy atom. The molecule has 27 heavy (non-hydrogen) atoms. The fourth-order valence-corrected chi connectivity index (χ4v) is 2.90. The quantitative estimate of drug-likeness (QED) is 0.620. The van der Waals surface area contributed by atoms with E-state index in [2.05, 4.69) is 59.6 Å². The summed E-state index contributed by atoms with van der Waals surface area (Å²) in [6.45, 7) is 8.50. The minimum absolute atomic E-state index is 0.0375. The molecule has 1 aromatic heterocycles. The van der Waals surface area contributed by atoms with E-state index in [9.17, 15) is 0 Å².